The summed E-state index contributed by atoms with van der Waals surface area (Å²) >= 11 is 0. The van der Waals surface area contributed by atoms with Crippen LogP contribution in [0.15, 0.2) is 29.7 Å². The lowest BCUT2D eigenvalue weighted by Gasteiger charge is -2.18. The van der Waals surface area contributed by atoms with E-state index in [2.05, 4.69) is 10.1 Å². The zero-order valence-electron chi connectivity index (χ0n) is 8.46. The summed E-state index contributed by atoms with van der Waals surface area (Å²) in [7, 11) is 0. The molecular weight excluding hydrogens is 210 g/mol. The number of hydrogen-bond donors (Lipinski definition) is 2. The summed E-state index contributed by atoms with van der Waals surface area (Å²) in [5, 5.41) is 12.8. The van der Waals surface area contributed by atoms with Crippen molar-refractivity contribution in [2.75, 3.05) is 6.54 Å². The molecule has 1 aromatic rings. The minimum atomic E-state index is -1.42. The molecule has 3 N–H and O–H groups in total. The second-order valence-corrected chi connectivity index (χ2v) is 3.55. The number of aromatic nitrogens is 1. The van der Waals surface area contributed by atoms with Crippen LogP contribution in [0.2, 0.25) is 0 Å². The summed E-state index contributed by atoms with van der Waals surface area (Å²) in [4.78, 5) is 19.9. The fraction of sp³-hybridized carbons (Fsp3) is 0.300. The zero-order valence-corrected chi connectivity index (χ0v) is 8.46. The van der Waals surface area contributed by atoms with Crippen LogP contribution in [0.3, 0.4) is 0 Å². The van der Waals surface area contributed by atoms with Crippen molar-refractivity contribution in [3.8, 4) is 0 Å². The maximum absolute atomic E-state index is 11.0. The number of carboxylic acid groups (broad SMARTS) is 1. The van der Waals surface area contributed by atoms with Crippen molar-refractivity contribution in [2.24, 2.45) is 10.9 Å². The molecule has 1 aliphatic rings. The van der Waals surface area contributed by atoms with Crippen molar-refractivity contribution in [2.45, 2.75) is 12.0 Å². The predicted octanol–water partition coefficient (Wildman–Crippen LogP) is -0.0119. The van der Waals surface area contributed by atoms with Gasteiger partial charge in [-0.3, -0.25) is 4.98 Å². The average molecular weight is 221 g/mol. The molecule has 0 aromatic carbocycles. The molecule has 2 rings (SSSR count). The van der Waals surface area contributed by atoms with Crippen LogP contribution in [-0.2, 0) is 9.63 Å². The van der Waals surface area contributed by atoms with E-state index >= 15 is 0 Å². The van der Waals surface area contributed by atoms with E-state index in [-0.39, 0.29) is 13.0 Å². The van der Waals surface area contributed by atoms with Gasteiger partial charge in [-0.1, -0.05) is 5.16 Å². The highest BCUT2D eigenvalue weighted by molar-refractivity contribution is 6.04. The van der Waals surface area contributed by atoms with E-state index < -0.39 is 11.6 Å². The summed E-state index contributed by atoms with van der Waals surface area (Å²) in [6.45, 7) is -0.111. The second-order valence-electron chi connectivity index (χ2n) is 3.55. The Balaban J connectivity index is 2.22. The molecule has 0 fully saturated rings. The largest absolute Gasteiger partial charge is 0.478 e. The van der Waals surface area contributed by atoms with Gasteiger partial charge in [0.2, 0.25) is 0 Å². The van der Waals surface area contributed by atoms with Crippen molar-refractivity contribution in [3.63, 3.8) is 0 Å². The van der Waals surface area contributed by atoms with Crippen molar-refractivity contribution >= 4 is 11.7 Å². The monoisotopic (exact) mass is 221 g/mol. The number of carboxylic acids is 1. The second kappa shape index (κ2) is 3.90. The molecule has 0 aliphatic carbocycles. The summed E-state index contributed by atoms with van der Waals surface area (Å²) in [5.74, 6) is -1.09. The zero-order chi connectivity index (χ0) is 11.6. The molecule has 0 amide bonds. The van der Waals surface area contributed by atoms with Gasteiger partial charge in [-0.25, -0.2) is 4.79 Å². The van der Waals surface area contributed by atoms with Gasteiger partial charge in [0.05, 0.1) is 5.71 Å². The van der Waals surface area contributed by atoms with E-state index in [0.29, 0.717) is 5.71 Å². The summed E-state index contributed by atoms with van der Waals surface area (Å²) in [5.41, 5.74) is 5.38. The molecular formula is C10H11N3O3. The van der Waals surface area contributed by atoms with E-state index in [0.717, 1.165) is 5.56 Å². The minimum absolute atomic E-state index is 0.111. The number of pyridine rings is 1. The van der Waals surface area contributed by atoms with E-state index in [9.17, 15) is 4.79 Å². The highest BCUT2D eigenvalue weighted by atomic mass is 16.7. The molecule has 1 unspecified atom stereocenters. The Bertz CT molecular complexity index is 432. The number of hydrogen-bond acceptors (Lipinski definition) is 5. The summed E-state index contributed by atoms with van der Waals surface area (Å²) in [6, 6.07) is 3.49. The quantitative estimate of drug-likeness (QED) is 0.747. The van der Waals surface area contributed by atoms with Gasteiger partial charge in [0, 0.05) is 30.9 Å². The fourth-order valence-corrected chi connectivity index (χ4v) is 1.49. The van der Waals surface area contributed by atoms with Crippen LogP contribution in [0.25, 0.3) is 0 Å². The van der Waals surface area contributed by atoms with Crippen LogP contribution in [0, 0.1) is 0 Å². The molecule has 0 spiro atoms. The van der Waals surface area contributed by atoms with Crippen molar-refractivity contribution in [1.29, 1.82) is 0 Å². The van der Waals surface area contributed by atoms with Crippen molar-refractivity contribution in [1.82, 2.24) is 4.98 Å². The van der Waals surface area contributed by atoms with E-state index in [4.69, 9.17) is 15.7 Å². The molecule has 1 atom stereocenters. The fourth-order valence-electron chi connectivity index (χ4n) is 1.49. The molecule has 1 aliphatic heterocycles. The van der Waals surface area contributed by atoms with Crippen LogP contribution in [0.4, 0.5) is 0 Å². The highest BCUT2D eigenvalue weighted by Crippen LogP contribution is 2.26. The Hall–Kier alpha value is -1.95. The van der Waals surface area contributed by atoms with Gasteiger partial charge in [0.1, 0.15) is 0 Å². The van der Waals surface area contributed by atoms with Crippen molar-refractivity contribution in [3.05, 3.63) is 30.1 Å². The maximum Gasteiger partial charge on any atom is 0.352 e. The molecule has 2 heterocycles. The predicted molar refractivity (Wildman–Crippen MR) is 55.9 cm³/mol. The molecule has 16 heavy (non-hydrogen) atoms. The Labute approximate surface area is 91.7 Å². The first kappa shape index (κ1) is 10.6. The number of nitrogens with two attached hydrogens (primary N) is 1. The molecule has 6 heteroatoms. The standard InChI is InChI=1S/C10H11N3O3/c11-6-10(9(14)15)5-8(13-16-10)7-1-3-12-4-2-7/h1-4H,5-6,11H2,(H,14,15). The van der Waals surface area contributed by atoms with Gasteiger partial charge in [0.15, 0.2) is 0 Å². The van der Waals surface area contributed by atoms with Gasteiger partial charge in [-0.2, -0.15) is 0 Å². The Morgan fingerprint density at radius 1 is 1.56 bits per heavy atom. The minimum Gasteiger partial charge on any atom is -0.478 e. The van der Waals surface area contributed by atoms with Crippen LogP contribution < -0.4 is 5.73 Å². The molecule has 0 saturated carbocycles. The first-order valence-corrected chi connectivity index (χ1v) is 4.77. The normalized spacial score (nSPS) is 23.7. The van der Waals surface area contributed by atoms with Crippen LogP contribution >= 0.6 is 0 Å². The summed E-state index contributed by atoms with van der Waals surface area (Å²) < 4.78 is 0. The third-order valence-corrected chi connectivity index (χ3v) is 2.52. The van der Waals surface area contributed by atoms with Gasteiger partial charge < -0.3 is 15.7 Å². The third-order valence-electron chi connectivity index (χ3n) is 2.52. The highest BCUT2D eigenvalue weighted by Gasteiger charge is 2.45. The number of oxime groups is 1. The number of nitrogens with zero attached hydrogens (tertiary/aromatic N) is 2. The lowest BCUT2D eigenvalue weighted by Crippen LogP contribution is -2.45. The Morgan fingerprint density at radius 3 is 2.75 bits per heavy atom. The smallest absolute Gasteiger partial charge is 0.352 e. The van der Waals surface area contributed by atoms with E-state index in [1.54, 1.807) is 24.5 Å². The van der Waals surface area contributed by atoms with Gasteiger partial charge in [-0.15, -0.1) is 0 Å². The maximum atomic E-state index is 11.0. The Morgan fingerprint density at radius 2 is 2.25 bits per heavy atom. The van der Waals surface area contributed by atoms with Crippen LogP contribution in [0.1, 0.15) is 12.0 Å². The molecule has 6 nitrogen and oxygen atoms in total. The SMILES string of the molecule is NCC1(C(=O)O)CC(c2ccncc2)=NO1. The van der Waals surface area contributed by atoms with Gasteiger partial charge in [-0.05, 0) is 12.1 Å². The lowest BCUT2D eigenvalue weighted by atomic mass is 9.95. The third kappa shape index (κ3) is 1.63. The first-order valence-electron chi connectivity index (χ1n) is 4.77. The van der Waals surface area contributed by atoms with Crippen LogP contribution in [-0.4, -0.2) is 33.9 Å². The number of rotatable bonds is 3. The topological polar surface area (TPSA) is 97.8 Å². The van der Waals surface area contributed by atoms with Crippen LogP contribution in [0.5, 0.6) is 0 Å². The summed E-state index contributed by atoms with van der Waals surface area (Å²) in [6.07, 6.45) is 3.39. The van der Waals surface area contributed by atoms with Crippen molar-refractivity contribution < 1.29 is 14.7 Å². The number of carbonyl (C=O) groups is 1. The first-order chi connectivity index (χ1) is 7.68. The van der Waals surface area contributed by atoms with E-state index in [1.807, 2.05) is 0 Å². The number of aliphatic carboxylic acids is 1. The average Bonchev–Trinajstić information content (AvgIpc) is 2.76. The van der Waals surface area contributed by atoms with Gasteiger partial charge in [0.25, 0.3) is 5.60 Å². The van der Waals surface area contributed by atoms with E-state index in [1.165, 1.54) is 0 Å². The lowest BCUT2D eigenvalue weighted by molar-refractivity contribution is -0.161. The molecule has 1 aromatic heterocycles. The molecule has 0 radical (unpaired) electrons. The molecule has 0 saturated heterocycles. The molecule has 0 bridgehead atoms. The Kier molecular flexibility index (Phi) is 2.57. The molecule has 84 valence electrons. The van der Waals surface area contributed by atoms with Gasteiger partial charge >= 0.3 is 5.97 Å².